The lowest BCUT2D eigenvalue weighted by atomic mass is 9.71. The van der Waals surface area contributed by atoms with Gasteiger partial charge in [-0.25, -0.2) is 0 Å². The van der Waals surface area contributed by atoms with Gasteiger partial charge in [-0.3, -0.25) is 0 Å². The van der Waals surface area contributed by atoms with Crippen molar-refractivity contribution in [1.29, 1.82) is 0 Å². The number of allylic oxidation sites excluding steroid dienone is 8. The zero-order chi connectivity index (χ0) is 10.7. The van der Waals surface area contributed by atoms with Gasteiger partial charge in [0, 0.05) is 5.41 Å². The highest BCUT2D eigenvalue weighted by Gasteiger charge is 2.32. The van der Waals surface area contributed by atoms with Gasteiger partial charge in [-0.1, -0.05) is 67.9 Å². The van der Waals surface area contributed by atoms with Crippen LogP contribution in [0.3, 0.4) is 0 Å². The van der Waals surface area contributed by atoms with Crippen molar-refractivity contribution < 1.29 is 0 Å². The molecule has 2 rings (SSSR count). The second-order valence-corrected chi connectivity index (χ2v) is 4.73. The van der Waals surface area contributed by atoms with Crippen LogP contribution in [-0.4, -0.2) is 0 Å². The summed E-state index contributed by atoms with van der Waals surface area (Å²) in [6.07, 6.45) is 18.4. The smallest absolute Gasteiger partial charge is 0.0105 e. The molecule has 0 heterocycles. The number of hydrogen-bond donors (Lipinski definition) is 0. The Balaban J connectivity index is 2.23. The summed E-state index contributed by atoms with van der Waals surface area (Å²) in [5.74, 6) is 0. The lowest BCUT2D eigenvalue weighted by molar-refractivity contribution is 0.421. The SMILES string of the molecule is CCCC(C)(C1=CC=CC1)C1=CC=CC1. The first-order valence-corrected chi connectivity index (χ1v) is 5.99. The Morgan fingerprint density at radius 1 is 1.07 bits per heavy atom. The van der Waals surface area contributed by atoms with Gasteiger partial charge in [-0.15, -0.1) is 0 Å². The third kappa shape index (κ3) is 1.86. The van der Waals surface area contributed by atoms with Gasteiger partial charge in [0.15, 0.2) is 0 Å². The maximum absolute atomic E-state index is 2.41. The van der Waals surface area contributed by atoms with E-state index in [0.717, 1.165) is 12.8 Å². The molecule has 0 saturated heterocycles. The first-order valence-electron chi connectivity index (χ1n) is 5.99. The van der Waals surface area contributed by atoms with Crippen molar-refractivity contribution in [3.8, 4) is 0 Å². The van der Waals surface area contributed by atoms with E-state index in [1.807, 2.05) is 0 Å². The Morgan fingerprint density at radius 3 is 1.93 bits per heavy atom. The lowest BCUT2D eigenvalue weighted by Gasteiger charge is -2.33. The minimum Gasteiger partial charge on any atom is -0.0804 e. The molecule has 0 aliphatic heterocycles. The van der Waals surface area contributed by atoms with Crippen LogP contribution in [0.2, 0.25) is 0 Å². The quantitative estimate of drug-likeness (QED) is 0.623. The fraction of sp³-hybridized carbons (Fsp3) is 0.467. The molecule has 0 aromatic carbocycles. The number of rotatable bonds is 4. The zero-order valence-electron chi connectivity index (χ0n) is 9.79. The Morgan fingerprint density at radius 2 is 1.60 bits per heavy atom. The average molecular weight is 200 g/mol. The minimum absolute atomic E-state index is 0.307. The standard InChI is InChI=1S/C15H20/c1-3-12-15(2,13-8-4-5-9-13)14-10-6-7-11-14/h4-8,10H,3,9,11-12H2,1-2H3. The van der Waals surface area contributed by atoms with E-state index < -0.39 is 0 Å². The molecule has 0 nitrogen and oxygen atoms in total. The first-order chi connectivity index (χ1) is 7.27. The van der Waals surface area contributed by atoms with E-state index in [0.29, 0.717) is 5.41 Å². The molecule has 0 amide bonds. The van der Waals surface area contributed by atoms with Gasteiger partial charge in [0.05, 0.1) is 0 Å². The van der Waals surface area contributed by atoms with Crippen molar-refractivity contribution in [2.24, 2.45) is 5.41 Å². The summed E-state index contributed by atoms with van der Waals surface area (Å²) in [5.41, 5.74) is 3.50. The van der Waals surface area contributed by atoms with Crippen LogP contribution in [0, 0.1) is 5.41 Å². The van der Waals surface area contributed by atoms with Gasteiger partial charge in [0.25, 0.3) is 0 Å². The highest BCUT2D eigenvalue weighted by Crippen LogP contribution is 2.45. The lowest BCUT2D eigenvalue weighted by Crippen LogP contribution is -2.21. The van der Waals surface area contributed by atoms with Gasteiger partial charge in [-0.05, 0) is 19.3 Å². The van der Waals surface area contributed by atoms with E-state index in [1.165, 1.54) is 12.8 Å². The van der Waals surface area contributed by atoms with Crippen LogP contribution in [0.5, 0.6) is 0 Å². The van der Waals surface area contributed by atoms with E-state index >= 15 is 0 Å². The summed E-state index contributed by atoms with van der Waals surface area (Å²) in [5, 5.41) is 0. The van der Waals surface area contributed by atoms with E-state index in [1.54, 1.807) is 11.1 Å². The Kier molecular flexibility index (Phi) is 2.95. The van der Waals surface area contributed by atoms with Crippen LogP contribution < -0.4 is 0 Å². The Labute approximate surface area is 93.1 Å². The largest absolute Gasteiger partial charge is 0.0804 e. The molecular formula is C15H20. The third-order valence-corrected chi connectivity index (χ3v) is 3.71. The predicted octanol–water partition coefficient (Wildman–Crippen LogP) is 4.57. The van der Waals surface area contributed by atoms with Crippen LogP contribution >= 0.6 is 0 Å². The molecule has 0 N–H and O–H groups in total. The minimum atomic E-state index is 0.307. The average Bonchev–Trinajstić information content (AvgIpc) is 2.92. The van der Waals surface area contributed by atoms with E-state index in [9.17, 15) is 0 Å². The first kappa shape index (κ1) is 10.5. The molecule has 0 fully saturated rings. The second-order valence-electron chi connectivity index (χ2n) is 4.73. The maximum Gasteiger partial charge on any atom is 0.0105 e. The van der Waals surface area contributed by atoms with E-state index in [4.69, 9.17) is 0 Å². The molecule has 2 aliphatic rings. The molecule has 0 aromatic heterocycles. The fourth-order valence-electron chi connectivity index (χ4n) is 2.74. The van der Waals surface area contributed by atoms with Gasteiger partial charge >= 0.3 is 0 Å². The predicted molar refractivity (Wildman–Crippen MR) is 66.7 cm³/mol. The summed E-state index contributed by atoms with van der Waals surface area (Å²) in [6.45, 7) is 4.69. The molecular weight excluding hydrogens is 180 g/mol. The molecule has 80 valence electrons. The van der Waals surface area contributed by atoms with Crippen molar-refractivity contribution in [1.82, 2.24) is 0 Å². The topological polar surface area (TPSA) is 0 Å². The molecule has 0 aromatic rings. The van der Waals surface area contributed by atoms with Crippen molar-refractivity contribution in [2.75, 3.05) is 0 Å². The summed E-state index contributed by atoms with van der Waals surface area (Å²) in [7, 11) is 0. The van der Waals surface area contributed by atoms with Crippen molar-refractivity contribution in [2.45, 2.75) is 39.5 Å². The fourth-order valence-corrected chi connectivity index (χ4v) is 2.74. The second kappa shape index (κ2) is 4.22. The van der Waals surface area contributed by atoms with Crippen molar-refractivity contribution >= 4 is 0 Å². The molecule has 0 atom stereocenters. The van der Waals surface area contributed by atoms with Crippen LogP contribution in [0.1, 0.15) is 39.5 Å². The van der Waals surface area contributed by atoms with E-state index in [-0.39, 0.29) is 0 Å². The van der Waals surface area contributed by atoms with Gasteiger partial charge < -0.3 is 0 Å². The summed E-state index contributed by atoms with van der Waals surface area (Å²) in [6, 6.07) is 0. The molecule has 0 unspecified atom stereocenters. The Hall–Kier alpha value is -1.04. The van der Waals surface area contributed by atoms with Crippen LogP contribution in [0.4, 0.5) is 0 Å². The molecule has 0 heteroatoms. The summed E-state index contributed by atoms with van der Waals surface area (Å²) in [4.78, 5) is 0. The summed E-state index contributed by atoms with van der Waals surface area (Å²) < 4.78 is 0. The normalized spacial score (nSPS) is 19.6. The molecule has 0 radical (unpaired) electrons. The molecule has 0 spiro atoms. The third-order valence-electron chi connectivity index (χ3n) is 3.71. The van der Waals surface area contributed by atoms with Crippen LogP contribution in [0.15, 0.2) is 47.6 Å². The monoisotopic (exact) mass is 200 g/mol. The molecule has 15 heavy (non-hydrogen) atoms. The zero-order valence-corrected chi connectivity index (χ0v) is 9.79. The van der Waals surface area contributed by atoms with Gasteiger partial charge in [-0.2, -0.15) is 0 Å². The van der Waals surface area contributed by atoms with Crippen LogP contribution in [-0.2, 0) is 0 Å². The molecule has 0 saturated carbocycles. The maximum atomic E-state index is 2.41. The highest BCUT2D eigenvalue weighted by atomic mass is 14.4. The van der Waals surface area contributed by atoms with Gasteiger partial charge in [0.2, 0.25) is 0 Å². The van der Waals surface area contributed by atoms with Gasteiger partial charge in [0.1, 0.15) is 0 Å². The van der Waals surface area contributed by atoms with Crippen molar-refractivity contribution in [3.05, 3.63) is 47.6 Å². The molecule has 0 bridgehead atoms. The highest BCUT2D eigenvalue weighted by molar-refractivity contribution is 5.40. The van der Waals surface area contributed by atoms with E-state index in [2.05, 4.69) is 50.3 Å². The summed E-state index contributed by atoms with van der Waals surface area (Å²) >= 11 is 0. The Bertz CT molecular complexity index is 320. The molecule has 2 aliphatic carbocycles. The number of hydrogen-bond acceptors (Lipinski definition) is 0. The van der Waals surface area contributed by atoms with Crippen LogP contribution in [0.25, 0.3) is 0 Å². The van der Waals surface area contributed by atoms with Crippen molar-refractivity contribution in [3.63, 3.8) is 0 Å².